The van der Waals surface area contributed by atoms with E-state index in [1.54, 1.807) is 12.1 Å². The van der Waals surface area contributed by atoms with Gasteiger partial charge in [0.2, 0.25) is 0 Å². The normalized spacial score (nSPS) is 12.6. The van der Waals surface area contributed by atoms with Gasteiger partial charge in [-0.15, -0.1) is 0 Å². The van der Waals surface area contributed by atoms with E-state index in [4.69, 9.17) is 21.3 Å². The lowest BCUT2D eigenvalue weighted by Gasteiger charge is -2.17. The van der Waals surface area contributed by atoms with Crippen LogP contribution in [-0.2, 0) is 11.2 Å². The number of rotatable bonds is 6. The number of fused-ring (bicyclic) bond motifs is 2. The lowest BCUT2D eigenvalue weighted by Crippen LogP contribution is -2.36. The molecule has 0 spiro atoms. The summed E-state index contributed by atoms with van der Waals surface area (Å²) in [6.45, 7) is 0.0721. The number of carboxylic acid groups (broad SMARTS) is 1. The number of pyridine rings is 1. The second-order valence-corrected chi connectivity index (χ2v) is 5.82. The van der Waals surface area contributed by atoms with E-state index < -0.39 is 18.2 Å². The molecule has 6 N–H and O–H groups in total. The predicted octanol–water partition coefficient (Wildman–Crippen LogP) is 0.998. The van der Waals surface area contributed by atoms with Crippen molar-refractivity contribution in [3.05, 3.63) is 48.0 Å². The Hall–Kier alpha value is -2.74. The number of nitrogens with zero attached hydrogens (tertiary/aromatic N) is 1. The molecular weight excluding hydrogens is 322 g/mol. The highest BCUT2D eigenvalue weighted by atomic mass is 16.5. The molecule has 7 heteroatoms. The zero-order chi connectivity index (χ0) is 18.0. The van der Waals surface area contributed by atoms with Crippen LogP contribution < -0.4 is 16.2 Å². The SMILES string of the molecule is NC(N)COc1ccc2nc3ccccc3cc2c1CC(O)C(=O)O. The fourth-order valence-corrected chi connectivity index (χ4v) is 2.70. The molecule has 3 aromatic rings. The Morgan fingerprint density at radius 3 is 2.64 bits per heavy atom. The minimum Gasteiger partial charge on any atom is -0.490 e. The summed E-state index contributed by atoms with van der Waals surface area (Å²) in [5.74, 6) is -0.863. The van der Waals surface area contributed by atoms with E-state index in [-0.39, 0.29) is 13.0 Å². The van der Waals surface area contributed by atoms with Crippen molar-refractivity contribution in [2.75, 3.05) is 6.61 Å². The molecule has 7 nitrogen and oxygen atoms in total. The van der Waals surface area contributed by atoms with Gasteiger partial charge in [0.05, 0.1) is 17.2 Å². The first-order chi connectivity index (χ1) is 12.0. The quantitative estimate of drug-likeness (QED) is 0.388. The molecule has 2 aromatic carbocycles. The molecule has 0 fully saturated rings. The highest BCUT2D eigenvalue weighted by Crippen LogP contribution is 2.31. The number of carbonyl (C=O) groups is 1. The van der Waals surface area contributed by atoms with Gasteiger partial charge < -0.3 is 26.4 Å². The molecule has 1 heterocycles. The molecule has 0 aliphatic heterocycles. The zero-order valence-electron chi connectivity index (χ0n) is 13.4. The monoisotopic (exact) mass is 341 g/mol. The number of benzene rings is 2. The van der Waals surface area contributed by atoms with Crippen LogP contribution in [0, 0.1) is 0 Å². The van der Waals surface area contributed by atoms with Crippen LogP contribution in [0.3, 0.4) is 0 Å². The number of aliphatic hydroxyl groups is 1. The average molecular weight is 341 g/mol. The number of nitrogens with two attached hydrogens (primary N) is 2. The van der Waals surface area contributed by atoms with Crippen LogP contribution >= 0.6 is 0 Å². The van der Waals surface area contributed by atoms with E-state index in [0.29, 0.717) is 16.8 Å². The minimum absolute atomic E-state index is 0.0721. The Morgan fingerprint density at radius 1 is 1.16 bits per heavy atom. The van der Waals surface area contributed by atoms with Crippen molar-refractivity contribution in [1.82, 2.24) is 4.98 Å². The van der Waals surface area contributed by atoms with Crippen LogP contribution in [0.15, 0.2) is 42.5 Å². The first kappa shape index (κ1) is 17.1. The van der Waals surface area contributed by atoms with Crippen molar-refractivity contribution in [2.24, 2.45) is 11.5 Å². The summed E-state index contributed by atoms with van der Waals surface area (Å²) in [6.07, 6.45) is -2.32. The van der Waals surface area contributed by atoms with E-state index in [9.17, 15) is 9.90 Å². The lowest BCUT2D eigenvalue weighted by atomic mass is 9.99. The Bertz CT molecular complexity index is 927. The molecule has 0 saturated heterocycles. The Morgan fingerprint density at radius 2 is 1.92 bits per heavy atom. The molecule has 130 valence electrons. The van der Waals surface area contributed by atoms with Gasteiger partial charge >= 0.3 is 5.97 Å². The van der Waals surface area contributed by atoms with Crippen LogP contribution in [0.5, 0.6) is 5.75 Å². The van der Waals surface area contributed by atoms with Crippen molar-refractivity contribution in [2.45, 2.75) is 18.7 Å². The van der Waals surface area contributed by atoms with E-state index in [0.717, 1.165) is 16.3 Å². The summed E-state index contributed by atoms with van der Waals surface area (Å²) < 4.78 is 5.62. The summed E-state index contributed by atoms with van der Waals surface area (Å²) in [5.41, 5.74) is 13.1. The molecule has 25 heavy (non-hydrogen) atoms. The second-order valence-electron chi connectivity index (χ2n) is 5.82. The van der Waals surface area contributed by atoms with Gasteiger partial charge in [-0.05, 0) is 24.3 Å². The van der Waals surface area contributed by atoms with Crippen molar-refractivity contribution < 1.29 is 19.7 Å². The number of para-hydroxylation sites is 1. The lowest BCUT2D eigenvalue weighted by molar-refractivity contribution is -0.146. The molecule has 0 saturated carbocycles. The summed E-state index contributed by atoms with van der Waals surface area (Å²) in [5, 5.41) is 20.5. The molecule has 1 aromatic heterocycles. The van der Waals surface area contributed by atoms with Gasteiger partial charge in [0.25, 0.3) is 0 Å². The molecule has 0 aliphatic carbocycles. The maximum Gasteiger partial charge on any atom is 0.332 e. The van der Waals surface area contributed by atoms with Gasteiger partial charge in [-0.3, -0.25) is 0 Å². The Balaban J connectivity index is 2.16. The van der Waals surface area contributed by atoms with Gasteiger partial charge in [0, 0.05) is 22.8 Å². The van der Waals surface area contributed by atoms with Crippen LogP contribution in [0.1, 0.15) is 5.56 Å². The van der Waals surface area contributed by atoms with E-state index in [1.165, 1.54) is 0 Å². The molecule has 0 bridgehead atoms. The smallest absolute Gasteiger partial charge is 0.332 e. The number of hydrogen-bond acceptors (Lipinski definition) is 6. The maximum atomic E-state index is 11.1. The molecule has 1 atom stereocenters. The number of aliphatic carboxylic acids is 1. The third-order valence-electron chi connectivity index (χ3n) is 3.88. The number of ether oxygens (including phenoxy) is 1. The van der Waals surface area contributed by atoms with E-state index >= 15 is 0 Å². The molecule has 0 aliphatic rings. The van der Waals surface area contributed by atoms with Gasteiger partial charge in [0.15, 0.2) is 6.10 Å². The first-order valence-electron chi connectivity index (χ1n) is 7.82. The largest absolute Gasteiger partial charge is 0.490 e. The summed E-state index contributed by atoms with van der Waals surface area (Å²) >= 11 is 0. The number of hydrogen-bond donors (Lipinski definition) is 4. The fourth-order valence-electron chi connectivity index (χ4n) is 2.70. The maximum absolute atomic E-state index is 11.1. The van der Waals surface area contributed by atoms with Crippen molar-refractivity contribution >= 4 is 27.8 Å². The molecule has 0 amide bonds. The van der Waals surface area contributed by atoms with E-state index in [1.807, 2.05) is 30.3 Å². The molecule has 3 rings (SSSR count). The molecule has 1 unspecified atom stereocenters. The highest BCUT2D eigenvalue weighted by Gasteiger charge is 2.20. The summed E-state index contributed by atoms with van der Waals surface area (Å²) in [6, 6.07) is 13.0. The summed E-state index contributed by atoms with van der Waals surface area (Å²) in [4.78, 5) is 15.7. The van der Waals surface area contributed by atoms with Crippen molar-refractivity contribution in [1.29, 1.82) is 0 Å². The summed E-state index contributed by atoms with van der Waals surface area (Å²) in [7, 11) is 0. The van der Waals surface area contributed by atoms with Crippen LogP contribution in [0.2, 0.25) is 0 Å². The topological polar surface area (TPSA) is 132 Å². The van der Waals surface area contributed by atoms with Crippen molar-refractivity contribution in [3.63, 3.8) is 0 Å². The first-order valence-corrected chi connectivity index (χ1v) is 7.82. The van der Waals surface area contributed by atoms with Gasteiger partial charge in [0.1, 0.15) is 12.4 Å². The third kappa shape index (κ3) is 3.69. The standard InChI is InChI=1S/C18H19N3O4/c19-17(20)9-25-16-6-5-14-11(12(16)8-15(22)18(23)24)7-10-3-1-2-4-13(10)21-14/h1-7,15,17,22H,8-9,19-20H2,(H,23,24). The van der Waals surface area contributed by atoms with Gasteiger partial charge in [-0.2, -0.15) is 0 Å². The number of aromatic nitrogens is 1. The number of aliphatic hydroxyl groups excluding tert-OH is 1. The molecule has 0 radical (unpaired) electrons. The van der Waals surface area contributed by atoms with Crippen LogP contribution in [-0.4, -0.2) is 40.0 Å². The third-order valence-corrected chi connectivity index (χ3v) is 3.88. The molecular formula is C18H19N3O4. The van der Waals surface area contributed by atoms with Crippen LogP contribution in [0.4, 0.5) is 0 Å². The van der Waals surface area contributed by atoms with Crippen molar-refractivity contribution in [3.8, 4) is 5.75 Å². The average Bonchev–Trinajstić information content (AvgIpc) is 2.59. The minimum atomic E-state index is -1.55. The van der Waals surface area contributed by atoms with E-state index in [2.05, 4.69) is 4.98 Å². The Labute approximate surface area is 143 Å². The number of carboxylic acids is 1. The second kappa shape index (κ2) is 7.02. The van der Waals surface area contributed by atoms with Gasteiger partial charge in [-0.25, -0.2) is 9.78 Å². The fraction of sp³-hybridized carbons (Fsp3) is 0.222. The predicted molar refractivity (Wildman–Crippen MR) is 94.3 cm³/mol. The van der Waals surface area contributed by atoms with Crippen LogP contribution in [0.25, 0.3) is 21.8 Å². The Kier molecular flexibility index (Phi) is 4.80. The highest BCUT2D eigenvalue weighted by molar-refractivity contribution is 5.95. The van der Waals surface area contributed by atoms with Gasteiger partial charge in [-0.1, -0.05) is 18.2 Å². The zero-order valence-corrected chi connectivity index (χ0v) is 13.4.